The van der Waals surface area contributed by atoms with E-state index in [9.17, 15) is 15.0 Å². The van der Waals surface area contributed by atoms with E-state index in [1.807, 2.05) is 0 Å². The van der Waals surface area contributed by atoms with Crippen LogP contribution in [0.25, 0.3) is 0 Å². The number of hydrogen-bond donors (Lipinski definition) is 5. The van der Waals surface area contributed by atoms with E-state index in [0.29, 0.717) is 5.56 Å². The molecule has 0 aliphatic heterocycles. The summed E-state index contributed by atoms with van der Waals surface area (Å²) in [6, 6.07) is 3.93. The third-order valence-electron chi connectivity index (χ3n) is 2.43. The summed E-state index contributed by atoms with van der Waals surface area (Å²) in [4.78, 5) is 10.6. The number of primary amides is 1. The van der Waals surface area contributed by atoms with Crippen LogP contribution in [0, 0.1) is 0 Å². The summed E-state index contributed by atoms with van der Waals surface area (Å²) in [6.07, 6.45) is -1.27. The number of phenols is 2. The van der Waals surface area contributed by atoms with E-state index in [2.05, 4.69) is 5.32 Å². The molecule has 1 aromatic rings. The summed E-state index contributed by atoms with van der Waals surface area (Å²) in [5.74, 6) is -0.895. The molecule has 0 radical (unpaired) electrons. The monoisotopic (exact) mass is 240 g/mol. The molecule has 0 fully saturated rings. The van der Waals surface area contributed by atoms with Crippen molar-refractivity contribution in [3.05, 3.63) is 23.8 Å². The molecular weight excluding hydrogens is 224 g/mol. The van der Waals surface area contributed by atoms with E-state index in [1.54, 1.807) is 13.0 Å². The van der Waals surface area contributed by atoms with E-state index in [4.69, 9.17) is 10.8 Å². The minimum Gasteiger partial charge on any atom is -0.508 e. The Morgan fingerprint density at radius 3 is 2.65 bits per heavy atom. The van der Waals surface area contributed by atoms with E-state index >= 15 is 0 Å². The molecular formula is C11H16N2O4. The largest absolute Gasteiger partial charge is 0.508 e. The molecule has 6 N–H and O–H groups in total. The van der Waals surface area contributed by atoms with Crippen molar-refractivity contribution >= 4 is 5.91 Å². The SMILES string of the molecule is CC(NCC(O)C(N)=O)c1ccc(O)cc1O. The van der Waals surface area contributed by atoms with Gasteiger partial charge in [-0.05, 0) is 13.0 Å². The van der Waals surface area contributed by atoms with Gasteiger partial charge in [0.2, 0.25) is 5.91 Å². The van der Waals surface area contributed by atoms with E-state index in [1.165, 1.54) is 12.1 Å². The standard InChI is InChI=1S/C11H16N2O4/c1-6(13-5-10(16)11(12)17)8-3-2-7(14)4-9(8)15/h2-4,6,10,13-16H,5H2,1H3,(H2,12,17). The Balaban J connectivity index is 2.64. The highest BCUT2D eigenvalue weighted by atomic mass is 16.3. The third kappa shape index (κ3) is 3.61. The molecule has 1 amide bonds. The number of aliphatic hydroxyl groups excluding tert-OH is 1. The number of amides is 1. The Morgan fingerprint density at radius 2 is 2.12 bits per heavy atom. The number of aromatic hydroxyl groups is 2. The molecule has 6 heteroatoms. The molecule has 17 heavy (non-hydrogen) atoms. The summed E-state index contributed by atoms with van der Waals surface area (Å²) in [7, 11) is 0. The van der Waals surface area contributed by atoms with Crippen molar-refractivity contribution in [1.82, 2.24) is 5.32 Å². The van der Waals surface area contributed by atoms with Crippen LogP contribution in [0.1, 0.15) is 18.5 Å². The number of carbonyl (C=O) groups is 1. The molecule has 0 saturated heterocycles. The van der Waals surface area contributed by atoms with Gasteiger partial charge < -0.3 is 26.4 Å². The fourth-order valence-electron chi connectivity index (χ4n) is 1.40. The molecule has 0 aliphatic carbocycles. The first kappa shape index (κ1) is 13.3. The molecule has 0 aliphatic rings. The molecule has 0 heterocycles. The molecule has 1 aromatic carbocycles. The Hall–Kier alpha value is -1.79. The topological polar surface area (TPSA) is 116 Å². The van der Waals surface area contributed by atoms with Gasteiger partial charge in [0, 0.05) is 24.2 Å². The first-order valence-corrected chi connectivity index (χ1v) is 5.14. The van der Waals surface area contributed by atoms with Crippen LogP contribution >= 0.6 is 0 Å². The Morgan fingerprint density at radius 1 is 1.47 bits per heavy atom. The highest BCUT2D eigenvalue weighted by molar-refractivity contribution is 5.78. The number of carbonyl (C=O) groups excluding carboxylic acids is 1. The highest BCUT2D eigenvalue weighted by Gasteiger charge is 2.15. The normalized spacial score (nSPS) is 14.2. The lowest BCUT2D eigenvalue weighted by Crippen LogP contribution is -2.38. The fourth-order valence-corrected chi connectivity index (χ4v) is 1.40. The van der Waals surface area contributed by atoms with Gasteiger partial charge >= 0.3 is 0 Å². The molecule has 0 bridgehead atoms. The number of nitrogens with two attached hydrogens (primary N) is 1. The number of hydrogen-bond acceptors (Lipinski definition) is 5. The van der Waals surface area contributed by atoms with Gasteiger partial charge in [0.15, 0.2) is 0 Å². The van der Waals surface area contributed by atoms with Crippen molar-refractivity contribution in [1.29, 1.82) is 0 Å². The van der Waals surface area contributed by atoms with Crippen LogP contribution in [0.2, 0.25) is 0 Å². The zero-order valence-electron chi connectivity index (χ0n) is 9.42. The minimum atomic E-state index is -1.27. The predicted octanol–water partition coefficient (Wildman–Crippen LogP) is -0.405. The van der Waals surface area contributed by atoms with Crippen LogP contribution in [0.5, 0.6) is 11.5 Å². The summed E-state index contributed by atoms with van der Waals surface area (Å²) in [5.41, 5.74) is 5.45. The molecule has 0 aromatic heterocycles. The average molecular weight is 240 g/mol. The quantitative estimate of drug-likeness (QED) is 0.480. The van der Waals surface area contributed by atoms with Gasteiger partial charge in [-0.2, -0.15) is 0 Å². The molecule has 1 rings (SSSR count). The Kier molecular flexibility index (Phi) is 4.30. The molecule has 2 unspecified atom stereocenters. The van der Waals surface area contributed by atoms with Gasteiger partial charge in [-0.3, -0.25) is 4.79 Å². The van der Waals surface area contributed by atoms with Gasteiger partial charge in [-0.25, -0.2) is 0 Å². The summed E-state index contributed by atoms with van der Waals surface area (Å²) in [5, 5.41) is 30.8. The summed E-state index contributed by atoms with van der Waals surface area (Å²) < 4.78 is 0. The first-order chi connectivity index (χ1) is 7.91. The maximum Gasteiger partial charge on any atom is 0.247 e. The van der Waals surface area contributed by atoms with E-state index < -0.39 is 12.0 Å². The molecule has 0 spiro atoms. The predicted molar refractivity (Wildman–Crippen MR) is 61.4 cm³/mol. The zero-order chi connectivity index (χ0) is 13.0. The molecule has 2 atom stereocenters. The number of benzene rings is 1. The third-order valence-corrected chi connectivity index (χ3v) is 2.43. The van der Waals surface area contributed by atoms with Crippen molar-refractivity contribution in [2.24, 2.45) is 5.73 Å². The lowest BCUT2D eigenvalue weighted by molar-refractivity contribution is -0.125. The fraction of sp³-hybridized carbons (Fsp3) is 0.364. The zero-order valence-corrected chi connectivity index (χ0v) is 9.42. The smallest absolute Gasteiger partial charge is 0.247 e. The van der Waals surface area contributed by atoms with Crippen molar-refractivity contribution in [2.75, 3.05) is 6.54 Å². The second kappa shape index (κ2) is 5.51. The van der Waals surface area contributed by atoms with Gasteiger partial charge in [0.1, 0.15) is 17.6 Å². The van der Waals surface area contributed by atoms with Crippen molar-refractivity contribution in [2.45, 2.75) is 19.1 Å². The maximum absolute atomic E-state index is 10.6. The van der Waals surface area contributed by atoms with Gasteiger partial charge in [-0.15, -0.1) is 0 Å². The van der Waals surface area contributed by atoms with Crippen LogP contribution in [-0.2, 0) is 4.79 Å². The molecule has 0 saturated carbocycles. The number of rotatable bonds is 5. The first-order valence-electron chi connectivity index (χ1n) is 5.14. The van der Waals surface area contributed by atoms with Gasteiger partial charge in [0.25, 0.3) is 0 Å². The number of aliphatic hydroxyl groups is 1. The lowest BCUT2D eigenvalue weighted by Gasteiger charge is -2.17. The average Bonchev–Trinajstić information content (AvgIpc) is 2.25. The van der Waals surface area contributed by atoms with Crippen LogP contribution in [0.15, 0.2) is 18.2 Å². The van der Waals surface area contributed by atoms with E-state index in [-0.39, 0.29) is 24.1 Å². The van der Waals surface area contributed by atoms with Crippen LogP contribution in [0.3, 0.4) is 0 Å². The van der Waals surface area contributed by atoms with Crippen molar-refractivity contribution in [3.8, 4) is 11.5 Å². The van der Waals surface area contributed by atoms with Crippen LogP contribution in [-0.4, -0.2) is 33.9 Å². The van der Waals surface area contributed by atoms with Crippen molar-refractivity contribution < 1.29 is 20.1 Å². The molecule has 6 nitrogen and oxygen atoms in total. The van der Waals surface area contributed by atoms with E-state index in [0.717, 1.165) is 0 Å². The van der Waals surface area contributed by atoms with Gasteiger partial charge in [0.05, 0.1) is 0 Å². The van der Waals surface area contributed by atoms with Gasteiger partial charge in [-0.1, -0.05) is 6.07 Å². The van der Waals surface area contributed by atoms with Crippen molar-refractivity contribution in [3.63, 3.8) is 0 Å². The van der Waals surface area contributed by atoms with Crippen LogP contribution in [0.4, 0.5) is 0 Å². The number of nitrogens with one attached hydrogen (secondary N) is 1. The lowest BCUT2D eigenvalue weighted by atomic mass is 10.1. The Bertz CT molecular complexity index is 408. The summed E-state index contributed by atoms with van der Waals surface area (Å²) >= 11 is 0. The summed E-state index contributed by atoms with van der Waals surface area (Å²) in [6.45, 7) is 1.75. The number of phenolic OH excluding ortho intramolecular Hbond substituents is 2. The second-order valence-corrected chi connectivity index (χ2v) is 3.79. The van der Waals surface area contributed by atoms with Crippen LogP contribution < -0.4 is 11.1 Å². The second-order valence-electron chi connectivity index (χ2n) is 3.79. The maximum atomic E-state index is 10.6. The Labute approximate surface area is 98.7 Å². The minimum absolute atomic E-state index is 0.00316. The highest BCUT2D eigenvalue weighted by Crippen LogP contribution is 2.27. The molecule has 94 valence electrons.